The van der Waals surface area contributed by atoms with E-state index in [4.69, 9.17) is 0 Å². The number of likely N-dealkylation sites (tertiary alicyclic amines) is 1. The monoisotopic (exact) mass is 390 g/mol. The first-order valence-electron chi connectivity index (χ1n) is 9.05. The van der Waals surface area contributed by atoms with Gasteiger partial charge in [0, 0.05) is 22.7 Å². The van der Waals surface area contributed by atoms with Gasteiger partial charge in [0.05, 0.1) is 5.56 Å². The van der Waals surface area contributed by atoms with Crippen LogP contribution in [0.3, 0.4) is 0 Å². The number of carbonyl (C=O) groups excluding carboxylic acids is 2. The molecule has 1 N–H and O–H groups in total. The molecule has 1 amide bonds. The maximum atomic E-state index is 12.7. The minimum atomic E-state index is -4.45. The summed E-state index contributed by atoms with van der Waals surface area (Å²) in [5, 5.41) is 2.64. The van der Waals surface area contributed by atoms with E-state index in [1.807, 2.05) is 7.05 Å². The lowest BCUT2D eigenvalue weighted by Crippen LogP contribution is -2.33. The molecule has 2 aromatic rings. The molecule has 0 radical (unpaired) electrons. The summed E-state index contributed by atoms with van der Waals surface area (Å²) in [5.41, 5.74) is 0.262. The van der Waals surface area contributed by atoms with Gasteiger partial charge in [0.25, 0.3) is 5.91 Å². The topological polar surface area (TPSA) is 49.4 Å². The standard InChI is InChI=1S/C21H21F3N2O2/c1-26-11-9-14(10-12-26)19(27)16-3-2-4-18(13-16)25-20(28)15-5-7-17(8-6-15)21(22,23)24/h2-8,13-14H,9-12H2,1H3,(H,25,28). The van der Waals surface area contributed by atoms with Gasteiger partial charge in [-0.3, -0.25) is 9.59 Å². The van der Waals surface area contributed by atoms with Crippen LogP contribution in [0.25, 0.3) is 0 Å². The van der Waals surface area contributed by atoms with Gasteiger partial charge >= 0.3 is 6.18 Å². The largest absolute Gasteiger partial charge is 0.416 e. The number of carbonyl (C=O) groups is 2. The number of ketones is 1. The number of benzene rings is 2. The second-order valence-electron chi connectivity index (χ2n) is 7.05. The fourth-order valence-electron chi connectivity index (χ4n) is 3.27. The van der Waals surface area contributed by atoms with Crippen molar-refractivity contribution in [3.63, 3.8) is 0 Å². The molecule has 0 atom stereocenters. The maximum absolute atomic E-state index is 12.7. The summed E-state index contributed by atoms with van der Waals surface area (Å²) in [6, 6.07) is 10.7. The van der Waals surface area contributed by atoms with Crippen LogP contribution in [0.15, 0.2) is 48.5 Å². The number of alkyl halides is 3. The van der Waals surface area contributed by atoms with Gasteiger partial charge in [0.15, 0.2) is 5.78 Å². The van der Waals surface area contributed by atoms with Crippen LogP contribution in [0, 0.1) is 5.92 Å². The molecule has 0 unspecified atom stereocenters. The molecule has 1 saturated heterocycles. The third-order valence-electron chi connectivity index (χ3n) is 4.97. The molecule has 7 heteroatoms. The van der Waals surface area contributed by atoms with Crippen LogP contribution in [-0.4, -0.2) is 36.7 Å². The first-order valence-corrected chi connectivity index (χ1v) is 9.05. The summed E-state index contributed by atoms with van der Waals surface area (Å²) in [4.78, 5) is 27.2. The van der Waals surface area contributed by atoms with Crippen molar-refractivity contribution in [2.24, 2.45) is 5.92 Å². The minimum Gasteiger partial charge on any atom is -0.322 e. The summed E-state index contributed by atoms with van der Waals surface area (Å²) in [6.07, 6.45) is -2.84. The van der Waals surface area contributed by atoms with Crippen molar-refractivity contribution in [3.8, 4) is 0 Å². The van der Waals surface area contributed by atoms with Crippen LogP contribution in [0.2, 0.25) is 0 Å². The van der Waals surface area contributed by atoms with Crippen molar-refractivity contribution in [1.82, 2.24) is 4.90 Å². The maximum Gasteiger partial charge on any atom is 0.416 e. The number of piperidine rings is 1. The molecule has 1 aliphatic heterocycles. The summed E-state index contributed by atoms with van der Waals surface area (Å²) in [6.45, 7) is 1.75. The normalized spacial score (nSPS) is 16.0. The Balaban J connectivity index is 1.68. The van der Waals surface area contributed by atoms with E-state index < -0.39 is 17.6 Å². The van der Waals surface area contributed by atoms with Gasteiger partial charge < -0.3 is 10.2 Å². The number of rotatable bonds is 4. The predicted octanol–water partition coefficient (Wildman–Crippen LogP) is 4.48. The van der Waals surface area contributed by atoms with E-state index in [0.29, 0.717) is 11.3 Å². The summed E-state index contributed by atoms with van der Waals surface area (Å²) >= 11 is 0. The molecule has 28 heavy (non-hydrogen) atoms. The molecule has 1 aliphatic rings. The lowest BCUT2D eigenvalue weighted by molar-refractivity contribution is -0.137. The van der Waals surface area contributed by atoms with Gasteiger partial charge in [0.2, 0.25) is 0 Å². The fourth-order valence-corrected chi connectivity index (χ4v) is 3.27. The van der Waals surface area contributed by atoms with Crippen molar-refractivity contribution < 1.29 is 22.8 Å². The number of nitrogens with zero attached hydrogens (tertiary/aromatic N) is 1. The number of hydrogen-bond donors (Lipinski definition) is 1. The Labute approximate surface area is 161 Å². The van der Waals surface area contributed by atoms with Gasteiger partial charge in [-0.15, -0.1) is 0 Å². The Morgan fingerprint density at radius 3 is 2.25 bits per heavy atom. The molecular formula is C21H21F3N2O2. The highest BCUT2D eigenvalue weighted by Crippen LogP contribution is 2.29. The Kier molecular flexibility index (Phi) is 5.84. The highest BCUT2D eigenvalue weighted by molar-refractivity contribution is 6.05. The van der Waals surface area contributed by atoms with Crippen molar-refractivity contribution in [2.75, 3.05) is 25.5 Å². The third kappa shape index (κ3) is 4.78. The van der Waals surface area contributed by atoms with Crippen LogP contribution in [0.4, 0.5) is 18.9 Å². The van der Waals surface area contributed by atoms with Crippen LogP contribution in [-0.2, 0) is 6.18 Å². The second-order valence-corrected chi connectivity index (χ2v) is 7.05. The Morgan fingerprint density at radius 2 is 1.64 bits per heavy atom. The average Bonchev–Trinajstić information content (AvgIpc) is 2.67. The van der Waals surface area contributed by atoms with Crippen LogP contribution >= 0.6 is 0 Å². The highest BCUT2D eigenvalue weighted by atomic mass is 19.4. The zero-order chi connectivity index (χ0) is 20.3. The molecule has 0 aromatic heterocycles. The van der Waals surface area contributed by atoms with E-state index in [0.717, 1.165) is 50.2 Å². The van der Waals surface area contributed by atoms with Crippen LogP contribution < -0.4 is 5.32 Å². The third-order valence-corrected chi connectivity index (χ3v) is 4.97. The molecule has 2 aromatic carbocycles. The Bertz CT molecular complexity index is 855. The first-order chi connectivity index (χ1) is 13.2. The minimum absolute atomic E-state index is 0.0305. The average molecular weight is 390 g/mol. The zero-order valence-electron chi connectivity index (χ0n) is 15.4. The van der Waals surface area contributed by atoms with Crippen molar-refractivity contribution >= 4 is 17.4 Å². The molecule has 3 rings (SSSR count). The smallest absolute Gasteiger partial charge is 0.322 e. The van der Waals surface area contributed by atoms with E-state index in [-0.39, 0.29) is 17.3 Å². The predicted molar refractivity (Wildman–Crippen MR) is 100 cm³/mol. The molecule has 1 fully saturated rings. The van der Waals surface area contributed by atoms with Crippen molar-refractivity contribution in [2.45, 2.75) is 19.0 Å². The molecule has 0 spiro atoms. The van der Waals surface area contributed by atoms with Crippen LogP contribution in [0.1, 0.15) is 39.1 Å². The summed E-state index contributed by atoms with van der Waals surface area (Å²) in [5.74, 6) is -0.506. The van der Waals surface area contributed by atoms with Gasteiger partial charge in [-0.2, -0.15) is 13.2 Å². The van der Waals surface area contributed by atoms with E-state index in [9.17, 15) is 22.8 Å². The van der Waals surface area contributed by atoms with Crippen molar-refractivity contribution in [3.05, 3.63) is 65.2 Å². The number of amides is 1. The molecule has 0 aliphatic carbocycles. The van der Waals surface area contributed by atoms with E-state index in [1.165, 1.54) is 0 Å². The lowest BCUT2D eigenvalue weighted by atomic mass is 9.89. The number of anilines is 1. The molecular weight excluding hydrogens is 369 g/mol. The zero-order valence-corrected chi connectivity index (χ0v) is 15.4. The molecule has 0 saturated carbocycles. The molecule has 0 bridgehead atoms. The quantitative estimate of drug-likeness (QED) is 0.783. The van der Waals surface area contributed by atoms with Gasteiger partial charge in [-0.25, -0.2) is 0 Å². The van der Waals surface area contributed by atoms with Crippen molar-refractivity contribution in [1.29, 1.82) is 0 Å². The Hall–Kier alpha value is -2.67. The number of Topliss-reactive ketones (excluding diaryl/α,β-unsaturated/α-hetero) is 1. The van der Waals surface area contributed by atoms with E-state index in [1.54, 1.807) is 24.3 Å². The first kappa shape index (κ1) is 20.1. The SMILES string of the molecule is CN1CCC(C(=O)c2cccc(NC(=O)c3ccc(C(F)(F)F)cc3)c2)CC1. The molecule has 148 valence electrons. The van der Waals surface area contributed by atoms with Gasteiger partial charge in [0.1, 0.15) is 0 Å². The molecule has 4 nitrogen and oxygen atoms in total. The highest BCUT2D eigenvalue weighted by Gasteiger charge is 2.30. The Morgan fingerprint density at radius 1 is 1.00 bits per heavy atom. The number of nitrogens with one attached hydrogen (secondary N) is 1. The van der Waals surface area contributed by atoms with E-state index in [2.05, 4.69) is 10.2 Å². The van der Waals surface area contributed by atoms with E-state index >= 15 is 0 Å². The fraction of sp³-hybridized carbons (Fsp3) is 0.333. The number of hydrogen-bond acceptors (Lipinski definition) is 3. The van der Waals surface area contributed by atoms with Gasteiger partial charge in [-0.05, 0) is 69.4 Å². The molecule has 1 heterocycles. The summed E-state index contributed by atoms with van der Waals surface area (Å²) < 4.78 is 37.9. The summed E-state index contributed by atoms with van der Waals surface area (Å²) in [7, 11) is 2.03. The lowest BCUT2D eigenvalue weighted by Gasteiger charge is -2.28. The van der Waals surface area contributed by atoms with Crippen LogP contribution in [0.5, 0.6) is 0 Å². The second kappa shape index (κ2) is 8.14. The van der Waals surface area contributed by atoms with Gasteiger partial charge in [-0.1, -0.05) is 12.1 Å². The number of halogens is 3.